The number of hydrogen-bond donors (Lipinski definition) is 0. The summed E-state index contributed by atoms with van der Waals surface area (Å²) >= 11 is 0. The molecule has 0 spiro atoms. The summed E-state index contributed by atoms with van der Waals surface area (Å²) in [5, 5.41) is 0. The molecule has 3 rings (SSSR count). The summed E-state index contributed by atoms with van der Waals surface area (Å²) in [6.07, 6.45) is 0.234. The summed E-state index contributed by atoms with van der Waals surface area (Å²) in [5.74, 6) is -1.34. The van der Waals surface area contributed by atoms with Crippen LogP contribution in [0, 0.1) is 11.6 Å². The largest absolute Gasteiger partial charge is 0.483 e. The van der Waals surface area contributed by atoms with Crippen LogP contribution in [-0.2, 0) is 22.6 Å². The SMILES string of the molecule is CCOC(=O)CCc1cc(F)c(OCc2ccccc2Oc2ccccc2)c(F)c1. The van der Waals surface area contributed by atoms with Gasteiger partial charge in [0.15, 0.2) is 17.4 Å². The van der Waals surface area contributed by atoms with Crippen LogP contribution < -0.4 is 9.47 Å². The highest BCUT2D eigenvalue weighted by Crippen LogP contribution is 2.29. The van der Waals surface area contributed by atoms with Crippen LogP contribution in [0.25, 0.3) is 0 Å². The monoisotopic (exact) mass is 412 g/mol. The Morgan fingerprint density at radius 1 is 0.933 bits per heavy atom. The van der Waals surface area contributed by atoms with Gasteiger partial charge in [0, 0.05) is 12.0 Å². The van der Waals surface area contributed by atoms with Crippen LogP contribution >= 0.6 is 0 Å². The number of halogens is 2. The van der Waals surface area contributed by atoms with Gasteiger partial charge < -0.3 is 14.2 Å². The summed E-state index contributed by atoms with van der Waals surface area (Å²) in [7, 11) is 0. The highest BCUT2D eigenvalue weighted by Gasteiger charge is 2.15. The van der Waals surface area contributed by atoms with Gasteiger partial charge in [-0.15, -0.1) is 0 Å². The van der Waals surface area contributed by atoms with E-state index < -0.39 is 23.4 Å². The highest BCUT2D eigenvalue weighted by atomic mass is 19.1. The molecule has 3 aromatic rings. The third-order valence-corrected chi connectivity index (χ3v) is 4.30. The van der Waals surface area contributed by atoms with Crippen LogP contribution in [0.1, 0.15) is 24.5 Å². The molecular weight excluding hydrogens is 390 g/mol. The van der Waals surface area contributed by atoms with Crippen molar-refractivity contribution in [2.24, 2.45) is 0 Å². The minimum Gasteiger partial charge on any atom is -0.483 e. The lowest BCUT2D eigenvalue weighted by atomic mass is 10.1. The highest BCUT2D eigenvalue weighted by molar-refractivity contribution is 5.69. The maximum absolute atomic E-state index is 14.4. The molecule has 0 amide bonds. The average Bonchev–Trinajstić information content (AvgIpc) is 2.74. The van der Waals surface area contributed by atoms with Crippen LogP contribution in [0.15, 0.2) is 66.7 Å². The molecule has 4 nitrogen and oxygen atoms in total. The Morgan fingerprint density at radius 2 is 1.60 bits per heavy atom. The molecule has 156 valence electrons. The summed E-state index contributed by atoms with van der Waals surface area (Å²) in [6.45, 7) is 1.90. The van der Waals surface area contributed by atoms with Crippen molar-refractivity contribution in [1.29, 1.82) is 0 Å². The van der Waals surface area contributed by atoms with Crippen molar-refractivity contribution >= 4 is 5.97 Å². The lowest BCUT2D eigenvalue weighted by molar-refractivity contribution is -0.143. The number of carbonyl (C=O) groups excluding carboxylic acids is 1. The Bertz CT molecular complexity index is 967. The van der Waals surface area contributed by atoms with Crippen molar-refractivity contribution in [1.82, 2.24) is 0 Å². The molecule has 0 N–H and O–H groups in total. The number of hydrogen-bond acceptors (Lipinski definition) is 4. The smallest absolute Gasteiger partial charge is 0.306 e. The molecule has 30 heavy (non-hydrogen) atoms. The summed E-state index contributed by atoms with van der Waals surface area (Å²) in [6, 6.07) is 18.7. The van der Waals surface area contributed by atoms with E-state index in [1.807, 2.05) is 30.3 Å². The zero-order chi connectivity index (χ0) is 21.3. The molecule has 0 aliphatic rings. The fraction of sp³-hybridized carbons (Fsp3) is 0.208. The number of esters is 1. The van der Waals surface area contributed by atoms with E-state index in [0.29, 0.717) is 22.6 Å². The first-order valence-electron chi connectivity index (χ1n) is 9.64. The van der Waals surface area contributed by atoms with Crippen LogP contribution in [-0.4, -0.2) is 12.6 Å². The lowest BCUT2D eigenvalue weighted by Crippen LogP contribution is -2.06. The standard InChI is InChI=1S/C24H22F2O4/c1-2-28-23(27)13-12-17-14-20(25)24(21(26)15-17)29-16-18-8-6-7-11-22(18)30-19-9-4-3-5-10-19/h3-11,14-15H,2,12-13,16H2,1H3. The fourth-order valence-electron chi connectivity index (χ4n) is 2.86. The van der Waals surface area contributed by atoms with Gasteiger partial charge in [-0.05, 0) is 49.2 Å². The molecule has 3 aromatic carbocycles. The number of carbonyl (C=O) groups is 1. The second-order valence-corrected chi connectivity index (χ2v) is 6.51. The molecule has 0 bridgehead atoms. The van der Waals surface area contributed by atoms with Gasteiger partial charge in [0.05, 0.1) is 6.61 Å². The number of para-hydroxylation sites is 2. The van der Waals surface area contributed by atoms with Crippen LogP contribution in [0.4, 0.5) is 8.78 Å². The van der Waals surface area contributed by atoms with Crippen molar-refractivity contribution in [3.05, 3.63) is 89.5 Å². The van der Waals surface area contributed by atoms with Crippen LogP contribution in [0.3, 0.4) is 0 Å². The van der Waals surface area contributed by atoms with Gasteiger partial charge >= 0.3 is 5.97 Å². The predicted octanol–water partition coefficient (Wildman–Crippen LogP) is 5.83. The second-order valence-electron chi connectivity index (χ2n) is 6.51. The van der Waals surface area contributed by atoms with Crippen LogP contribution in [0.2, 0.25) is 0 Å². The normalized spacial score (nSPS) is 10.5. The van der Waals surface area contributed by atoms with Gasteiger partial charge in [-0.1, -0.05) is 36.4 Å². The van der Waals surface area contributed by atoms with Crippen molar-refractivity contribution < 1.29 is 27.8 Å². The number of ether oxygens (including phenoxy) is 3. The Morgan fingerprint density at radius 3 is 2.30 bits per heavy atom. The van der Waals surface area contributed by atoms with Crippen LogP contribution in [0.5, 0.6) is 17.2 Å². The zero-order valence-electron chi connectivity index (χ0n) is 16.6. The first kappa shape index (κ1) is 21.3. The molecule has 0 atom stereocenters. The van der Waals surface area contributed by atoms with E-state index in [4.69, 9.17) is 14.2 Å². The molecule has 0 saturated carbocycles. The molecule has 0 unspecified atom stereocenters. The van der Waals surface area contributed by atoms with Gasteiger partial charge in [-0.2, -0.15) is 0 Å². The van der Waals surface area contributed by atoms with Gasteiger partial charge in [0.1, 0.15) is 18.1 Å². The van der Waals surface area contributed by atoms with Gasteiger partial charge in [-0.3, -0.25) is 4.79 Å². The third kappa shape index (κ3) is 5.80. The average molecular weight is 412 g/mol. The predicted molar refractivity (Wildman–Crippen MR) is 109 cm³/mol. The Hall–Kier alpha value is -3.41. The van der Waals surface area contributed by atoms with Crippen molar-refractivity contribution in [2.75, 3.05) is 6.61 Å². The molecule has 0 fully saturated rings. The number of aryl methyl sites for hydroxylation is 1. The van der Waals surface area contributed by atoms with E-state index in [1.54, 1.807) is 31.2 Å². The Kier molecular flexibility index (Phi) is 7.38. The quantitative estimate of drug-likeness (QED) is 0.415. The third-order valence-electron chi connectivity index (χ3n) is 4.30. The van der Waals surface area contributed by atoms with E-state index in [-0.39, 0.29) is 26.1 Å². The maximum atomic E-state index is 14.4. The zero-order valence-corrected chi connectivity index (χ0v) is 16.6. The van der Waals surface area contributed by atoms with Gasteiger partial charge in [0.2, 0.25) is 0 Å². The topological polar surface area (TPSA) is 44.8 Å². The minimum atomic E-state index is -0.824. The maximum Gasteiger partial charge on any atom is 0.306 e. The van der Waals surface area contributed by atoms with Gasteiger partial charge in [-0.25, -0.2) is 8.78 Å². The second kappa shape index (κ2) is 10.4. The van der Waals surface area contributed by atoms with E-state index in [0.717, 1.165) is 0 Å². The number of rotatable bonds is 9. The summed E-state index contributed by atoms with van der Waals surface area (Å²) in [5.41, 5.74) is 1.00. The lowest BCUT2D eigenvalue weighted by Gasteiger charge is -2.13. The number of benzene rings is 3. The molecule has 6 heteroatoms. The van der Waals surface area contributed by atoms with E-state index >= 15 is 0 Å². The fourth-order valence-corrected chi connectivity index (χ4v) is 2.86. The molecule has 0 radical (unpaired) electrons. The summed E-state index contributed by atoms with van der Waals surface area (Å²) in [4.78, 5) is 11.4. The first-order chi connectivity index (χ1) is 14.6. The first-order valence-corrected chi connectivity index (χ1v) is 9.64. The molecule has 0 aliphatic heterocycles. The van der Waals surface area contributed by atoms with Crippen molar-refractivity contribution in [3.63, 3.8) is 0 Å². The molecule has 0 aromatic heterocycles. The Labute approximate surface area is 174 Å². The van der Waals surface area contributed by atoms with E-state index in [1.165, 1.54) is 12.1 Å². The van der Waals surface area contributed by atoms with Crippen molar-refractivity contribution in [2.45, 2.75) is 26.4 Å². The molecule has 0 heterocycles. The molecule has 0 saturated heterocycles. The summed E-state index contributed by atoms with van der Waals surface area (Å²) < 4.78 is 44.9. The molecular formula is C24H22F2O4. The van der Waals surface area contributed by atoms with Gasteiger partial charge in [0.25, 0.3) is 0 Å². The van der Waals surface area contributed by atoms with E-state index in [2.05, 4.69) is 0 Å². The Balaban J connectivity index is 1.68. The van der Waals surface area contributed by atoms with E-state index in [9.17, 15) is 13.6 Å². The van der Waals surface area contributed by atoms with Crippen molar-refractivity contribution in [3.8, 4) is 17.2 Å². The minimum absolute atomic E-state index is 0.0527. The molecule has 0 aliphatic carbocycles.